The first-order valence-corrected chi connectivity index (χ1v) is 13.5. The summed E-state index contributed by atoms with van der Waals surface area (Å²) in [4.78, 5) is 9.04. The third-order valence-electron chi connectivity index (χ3n) is 5.25. The Hall–Kier alpha value is -1.39. The maximum Gasteiger partial charge on any atom is 0.242 e. The fourth-order valence-corrected chi connectivity index (χ4v) is 4.28. The van der Waals surface area contributed by atoms with Gasteiger partial charge >= 0.3 is 0 Å². The summed E-state index contributed by atoms with van der Waals surface area (Å²) in [6.45, 7) is 15.9. The molecule has 0 bridgehead atoms. The monoisotopic (exact) mass is 496 g/mol. The van der Waals surface area contributed by atoms with Crippen molar-refractivity contribution in [3.63, 3.8) is 0 Å². The quantitative estimate of drug-likeness (QED) is 0.273. The van der Waals surface area contributed by atoms with E-state index in [0.29, 0.717) is 32.4 Å². The molecule has 0 unspecified atom stereocenters. The topological polar surface area (TPSA) is 90.7 Å². The van der Waals surface area contributed by atoms with Gasteiger partial charge in [0.2, 0.25) is 5.88 Å². The molecule has 0 amide bonds. The van der Waals surface area contributed by atoms with Crippen molar-refractivity contribution < 1.29 is 19.3 Å². The molecule has 0 saturated carbocycles. The third-order valence-corrected chi connectivity index (χ3v) is 5.95. The summed E-state index contributed by atoms with van der Waals surface area (Å²) in [5, 5.41) is 13.6. The molecule has 0 fully saturated rings. The zero-order valence-electron chi connectivity index (χ0n) is 22.2. The molecule has 0 spiro atoms. The van der Waals surface area contributed by atoms with Gasteiger partial charge in [-0.15, -0.1) is 0 Å². The van der Waals surface area contributed by atoms with E-state index in [1.807, 2.05) is 25.3 Å². The van der Waals surface area contributed by atoms with E-state index in [4.69, 9.17) is 14.2 Å². The van der Waals surface area contributed by atoms with Crippen molar-refractivity contribution in [1.82, 2.24) is 19.9 Å². The average molecular weight is 497 g/mol. The highest BCUT2D eigenvalue weighted by Crippen LogP contribution is 2.29. The fraction of sp³-hybridized carbons (Fsp3) is 0.760. The number of rotatable bonds is 15. The molecule has 2 aromatic rings. The Morgan fingerprint density at radius 2 is 1.94 bits per heavy atom. The lowest BCUT2D eigenvalue weighted by molar-refractivity contribution is -0.183. The minimum atomic E-state index is -1.14. The lowest BCUT2D eigenvalue weighted by Crippen LogP contribution is -2.40. The van der Waals surface area contributed by atoms with E-state index in [9.17, 15) is 5.11 Å². The summed E-state index contributed by atoms with van der Waals surface area (Å²) in [6.07, 6.45) is 7.86. The first kappa shape index (κ1) is 28.8. The van der Waals surface area contributed by atoms with Crippen LogP contribution in [0.2, 0.25) is 0 Å². The van der Waals surface area contributed by atoms with Crippen LogP contribution in [0.4, 0.5) is 0 Å². The maximum absolute atomic E-state index is 9.93. The van der Waals surface area contributed by atoms with Gasteiger partial charge in [0.1, 0.15) is 29.7 Å². The number of hydrogen-bond acceptors (Lipinski definition) is 8. The molecule has 0 aromatic carbocycles. The van der Waals surface area contributed by atoms with E-state index >= 15 is 0 Å². The summed E-state index contributed by atoms with van der Waals surface area (Å²) in [7, 11) is 0. The second-order valence-corrected chi connectivity index (χ2v) is 11.2. The zero-order chi connectivity index (χ0) is 25.4. The molecule has 0 aliphatic carbocycles. The van der Waals surface area contributed by atoms with Crippen LogP contribution in [0.5, 0.6) is 5.88 Å². The smallest absolute Gasteiger partial charge is 0.242 e. The van der Waals surface area contributed by atoms with Crippen LogP contribution in [0.25, 0.3) is 11.0 Å². The van der Waals surface area contributed by atoms with Crippen LogP contribution in [-0.4, -0.2) is 62.3 Å². The first-order valence-electron chi connectivity index (χ1n) is 12.1. The molecular formula is C25H44N4O4S. The highest BCUT2D eigenvalue weighted by atomic mass is 32.2. The number of unbranched alkanes of at least 4 members (excludes halogenated alkanes) is 1. The molecule has 0 aliphatic rings. The van der Waals surface area contributed by atoms with Gasteiger partial charge in [-0.1, -0.05) is 20.3 Å². The molecular weight excluding hydrogens is 452 g/mol. The fourth-order valence-electron chi connectivity index (χ4n) is 3.47. The predicted molar refractivity (Wildman–Crippen MR) is 139 cm³/mol. The number of ether oxygens (including phenoxy) is 3. The number of thioether (sulfide) groups is 1. The van der Waals surface area contributed by atoms with Gasteiger partial charge in [-0.3, -0.25) is 0 Å². The van der Waals surface area contributed by atoms with E-state index in [1.165, 1.54) is 0 Å². The van der Waals surface area contributed by atoms with Gasteiger partial charge in [0.05, 0.1) is 6.61 Å². The molecule has 2 heterocycles. The van der Waals surface area contributed by atoms with E-state index < -0.39 is 5.79 Å². The van der Waals surface area contributed by atoms with E-state index in [2.05, 4.69) is 41.6 Å². The Bertz CT molecular complexity index is 876. The molecule has 8 nitrogen and oxygen atoms in total. The summed E-state index contributed by atoms with van der Waals surface area (Å²) < 4.78 is 19.8. The molecule has 2 rings (SSSR count). The normalized spacial score (nSPS) is 14.5. The van der Waals surface area contributed by atoms with Crippen LogP contribution in [0.15, 0.2) is 12.5 Å². The van der Waals surface area contributed by atoms with Crippen LogP contribution >= 0.6 is 11.8 Å². The lowest BCUT2D eigenvalue weighted by Gasteiger charge is -2.27. The molecule has 2 atom stereocenters. The summed E-state index contributed by atoms with van der Waals surface area (Å²) in [5.74, 6) is 0.584. The number of nitrogens with one attached hydrogen (secondary N) is 1. The highest BCUT2D eigenvalue weighted by molar-refractivity contribution is 7.98. The molecule has 0 aliphatic heterocycles. The second kappa shape index (κ2) is 13.1. The Balaban J connectivity index is 2.27. The number of nitrogens with zero attached hydrogens (tertiary/aromatic N) is 3. The number of aromatic nitrogens is 3. The minimum absolute atomic E-state index is 0.212. The van der Waals surface area contributed by atoms with Crippen molar-refractivity contribution in [2.75, 3.05) is 25.2 Å². The van der Waals surface area contributed by atoms with E-state index in [0.717, 1.165) is 35.2 Å². The van der Waals surface area contributed by atoms with Crippen LogP contribution in [-0.2, 0) is 22.7 Å². The van der Waals surface area contributed by atoms with E-state index in [1.54, 1.807) is 31.9 Å². The zero-order valence-corrected chi connectivity index (χ0v) is 23.0. The lowest BCUT2D eigenvalue weighted by atomic mass is 10.0. The van der Waals surface area contributed by atoms with Gasteiger partial charge in [-0.2, -0.15) is 16.7 Å². The maximum atomic E-state index is 9.93. The van der Waals surface area contributed by atoms with Crippen molar-refractivity contribution >= 4 is 22.8 Å². The standard InChI is InChI=1S/C25H44N4O4S/c1-9-10-11-31-17-29-13-19(21-22(29)23(28-16-27-21)33-24(3,4)5)12-26-20(15-34-8)18(2)14-32-25(6,7)30/h13,16,18,20,26,30H,9-12,14-15,17H2,1-8H3/t18-,20-/m1/s1. The van der Waals surface area contributed by atoms with Gasteiger partial charge in [-0.05, 0) is 53.2 Å². The largest absolute Gasteiger partial charge is 0.470 e. The van der Waals surface area contributed by atoms with Crippen LogP contribution in [0.3, 0.4) is 0 Å². The Morgan fingerprint density at radius 3 is 2.56 bits per heavy atom. The van der Waals surface area contributed by atoms with Crippen molar-refractivity contribution in [2.24, 2.45) is 5.92 Å². The molecule has 9 heteroatoms. The number of hydrogen-bond donors (Lipinski definition) is 2. The summed E-state index contributed by atoms with van der Waals surface area (Å²) in [6, 6.07) is 0.212. The van der Waals surface area contributed by atoms with Gasteiger partial charge in [0.15, 0.2) is 5.79 Å². The van der Waals surface area contributed by atoms with E-state index in [-0.39, 0.29) is 17.6 Å². The Morgan fingerprint density at radius 1 is 1.21 bits per heavy atom. The average Bonchev–Trinajstić information content (AvgIpc) is 3.09. The summed E-state index contributed by atoms with van der Waals surface area (Å²) in [5.41, 5.74) is 2.41. The minimum Gasteiger partial charge on any atom is -0.470 e. The first-order chi connectivity index (χ1) is 15.9. The van der Waals surface area contributed by atoms with Gasteiger partial charge in [0, 0.05) is 36.7 Å². The molecule has 2 aromatic heterocycles. The van der Waals surface area contributed by atoms with Gasteiger partial charge in [0.25, 0.3) is 0 Å². The number of aliphatic hydroxyl groups is 1. The number of fused-ring (bicyclic) bond motifs is 1. The third kappa shape index (κ3) is 9.34. The highest BCUT2D eigenvalue weighted by Gasteiger charge is 2.23. The van der Waals surface area contributed by atoms with Crippen molar-refractivity contribution in [1.29, 1.82) is 0 Å². The predicted octanol–water partition coefficient (Wildman–Crippen LogP) is 4.59. The van der Waals surface area contributed by atoms with Crippen molar-refractivity contribution in [3.8, 4) is 5.88 Å². The Kier molecular flexibility index (Phi) is 11.1. The molecule has 34 heavy (non-hydrogen) atoms. The SMILES string of the molecule is CCCCOCn1cc(CN[C@H](CSC)[C@H](C)COC(C)(C)O)c2ncnc(OC(C)(C)C)c21. The van der Waals surface area contributed by atoms with Crippen molar-refractivity contribution in [3.05, 3.63) is 18.1 Å². The second-order valence-electron chi connectivity index (χ2n) is 10.3. The van der Waals surface area contributed by atoms with Crippen LogP contribution in [0.1, 0.15) is 66.9 Å². The van der Waals surface area contributed by atoms with Crippen LogP contribution in [0, 0.1) is 5.92 Å². The van der Waals surface area contributed by atoms with Gasteiger partial charge in [-0.25, -0.2) is 4.98 Å². The Labute approximate surface area is 209 Å². The molecule has 0 radical (unpaired) electrons. The summed E-state index contributed by atoms with van der Waals surface area (Å²) >= 11 is 1.79. The van der Waals surface area contributed by atoms with Crippen LogP contribution < -0.4 is 10.1 Å². The van der Waals surface area contributed by atoms with Gasteiger partial charge < -0.3 is 29.2 Å². The molecule has 2 N–H and O–H groups in total. The molecule has 0 saturated heterocycles. The van der Waals surface area contributed by atoms with Crippen molar-refractivity contribution in [2.45, 2.75) is 92.0 Å². The molecule has 194 valence electrons.